The Morgan fingerprint density at radius 3 is 2.82 bits per heavy atom. The van der Waals surface area contributed by atoms with E-state index in [0.717, 1.165) is 4.74 Å². The van der Waals surface area contributed by atoms with Gasteiger partial charge in [0, 0.05) is 6.07 Å². The Morgan fingerprint density at radius 1 is 1.41 bits per heavy atom. The van der Waals surface area contributed by atoms with Gasteiger partial charge in [0.05, 0.1) is 19.6 Å². The number of fused-ring (bicyclic) bond motifs is 1. The fourth-order valence-electron chi connectivity index (χ4n) is 1.46. The van der Waals surface area contributed by atoms with Crippen LogP contribution in [-0.2, 0) is 16.1 Å². The minimum absolute atomic E-state index is 0.244. The van der Waals surface area contributed by atoms with Gasteiger partial charge in [-0.3, -0.25) is 4.79 Å². The van der Waals surface area contributed by atoms with Crippen molar-refractivity contribution in [2.24, 2.45) is 0 Å². The Balaban J connectivity index is 2.49. The van der Waals surface area contributed by atoms with E-state index in [1.807, 2.05) is 0 Å². The Labute approximate surface area is 96.3 Å². The zero-order valence-electron chi connectivity index (χ0n) is 9.43. The topological polar surface area (TPSA) is 70.7 Å². The van der Waals surface area contributed by atoms with Crippen molar-refractivity contribution in [2.45, 2.75) is 6.54 Å². The predicted molar refractivity (Wildman–Crippen MR) is 59.0 cm³/mol. The third-order valence-corrected chi connectivity index (χ3v) is 2.35. The molecule has 0 aliphatic rings. The number of benzene rings is 1. The Kier molecular flexibility index (Phi) is 2.86. The Hall–Kier alpha value is -2.24. The van der Waals surface area contributed by atoms with E-state index >= 15 is 0 Å². The first-order valence-electron chi connectivity index (χ1n) is 4.90. The number of nitrogens with zero attached hydrogens (tertiary/aromatic N) is 1. The molecule has 0 amide bonds. The van der Waals surface area contributed by atoms with Crippen LogP contribution >= 0.6 is 0 Å². The second kappa shape index (κ2) is 4.32. The summed E-state index contributed by atoms with van der Waals surface area (Å²) in [6, 6.07) is 4.83. The van der Waals surface area contributed by atoms with E-state index in [4.69, 9.17) is 9.26 Å². The van der Waals surface area contributed by atoms with E-state index in [0.29, 0.717) is 16.7 Å². The van der Waals surface area contributed by atoms with Crippen LogP contribution in [0.3, 0.4) is 0 Å². The summed E-state index contributed by atoms with van der Waals surface area (Å²) in [5.41, 5.74) is 0.00584. The van der Waals surface area contributed by atoms with Crippen LogP contribution in [0.4, 0.5) is 0 Å². The second-order valence-corrected chi connectivity index (χ2v) is 3.37. The minimum Gasteiger partial charge on any atom is -0.497 e. The SMILES string of the molecule is COC(=O)Cn1oc2cc(OC)ccc2c1=O. The van der Waals surface area contributed by atoms with E-state index in [9.17, 15) is 9.59 Å². The highest BCUT2D eigenvalue weighted by Gasteiger charge is 2.13. The van der Waals surface area contributed by atoms with E-state index in [1.165, 1.54) is 14.2 Å². The van der Waals surface area contributed by atoms with Gasteiger partial charge in [-0.2, -0.15) is 4.74 Å². The van der Waals surface area contributed by atoms with Crippen molar-refractivity contribution < 1.29 is 18.8 Å². The van der Waals surface area contributed by atoms with E-state index in [-0.39, 0.29) is 12.1 Å². The molecule has 2 aromatic rings. The molecule has 1 aromatic heterocycles. The highest BCUT2D eigenvalue weighted by Crippen LogP contribution is 2.18. The first-order chi connectivity index (χ1) is 8.15. The quantitative estimate of drug-likeness (QED) is 0.737. The summed E-state index contributed by atoms with van der Waals surface area (Å²) in [5.74, 6) is 0.0367. The van der Waals surface area contributed by atoms with Crippen LogP contribution in [-0.4, -0.2) is 24.9 Å². The summed E-state index contributed by atoms with van der Waals surface area (Å²) < 4.78 is 15.7. The predicted octanol–water partition coefficient (Wildman–Crippen LogP) is 0.776. The molecule has 90 valence electrons. The maximum Gasteiger partial charge on any atom is 0.329 e. The van der Waals surface area contributed by atoms with Gasteiger partial charge in [-0.15, -0.1) is 0 Å². The first kappa shape index (κ1) is 11.3. The van der Waals surface area contributed by atoms with Crippen molar-refractivity contribution in [2.75, 3.05) is 14.2 Å². The van der Waals surface area contributed by atoms with Crippen LogP contribution < -0.4 is 10.3 Å². The number of hydrogen-bond acceptors (Lipinski definition) is 5. The summed E-state index contributed by atoms with van der Waals surface area (Å²) in [7, 11) is 2.77. The maximum absolute atomic E-state index is 11.8. The average Bonchev–Trinajstić information content (AvgIpc) is 2.65. The minimum atomic E-state index is -0.543. The van der Waals surface area contributed by atoms with Crippen LogP contribution in [0.2, 0.25) is 0 Å². The van der Waals surface area contributed by atoms with Crippen molar-refractivity contribution in [1.29, 1.82) is 0 Å². The van der Waals surface area contributed by atoms with Gasteiger partial charge in [-0.05, 0) is 12.1 Å². The lowest BCUT2D eigenvalue weighted by Crippen LogP contribution is -2.20. The monoisotopic (exact) mass is 237 g/mol. The third-order valence-electron chi connectivity index (χ3n) is 2.35. The van der Waals surface area contributed by atoms with E-state index < -0.39 is 5.97 Å². The molecule has 0 aliphatic heterocycles. The Bertz CT molecular complexity index is 610. The van der Waals surface area contributed by atoms with Gasteiger partial charge in [0.15, 0.2) is 12.1 Å². The molecule has 0 spiro atoms. The highest BCUT2D eigenvalue weighted by molar-refractivity contribution is 5.78. The molecule has 0 atom stereocenters. The maximum atomic E-state index is 11.8. The van der Waals surface area contributed by atoms with Crippen molar-refractivity contribution in [3.8, 4) is 5.75 Å². The summed E-state index contributed by atoms with van der Waals surface area (Å²) in [5, 5.41) is 0.398. The van der Waals surface area contributed by atoms with Gasteiger partial charge in [-0.1, -0.05) is 0 Å². The van der Waals surface area contributed by atoms with Crippen LogP contribution in [0.1, 0.15) is 0 Å². The lowest BCUT2D eigenvalue weighted by molar-refractivity contribution is -0.142. The summed E-state index contributed by atoms with van der Waals surface area (Å²) in [4.78, 5) is 22.9. The number of aromatic nitrogens is 1. The molecule has 2 rings (SSSR count). The van der Waals surface area contributed by atoms with Crippen LogP contribution in [0.25, 0.3) is 11.0 Å². The number of methoxy groups -OCH3 is 2. The molecular formula is C11H11NO5. The lowest BCUT2D eigenvalue weighted by atomic mass is 10.2. The standard InChI is InChI=1S/C11H11NO5/c1-15-7-3-4-8-9(5-7)17-12(11(8)14)6-10(13)16-2/h3-5H,6H2,1-2H3. The van der Waals surface area contributed by atoms with Crippen LogP contribution in [0.15, 0.2) is 27.5 Å². The smallest absolute Gasteiger partial charge is 0.329 e. The van der Waals surface area contributed by atoms with Crippen molar-refractivity contribution >= 4 is 16.9 Å². The average molecular weight is 237 g/mol. The zero-order chi connectivity index (χ0) is 12.4. The molecule has 0 saturated heterocycles. The fraction of sp³-hybridized carbons (Fsp3) is 0.273. The molecule has 0 saturated carbocycles. The third kappa shape index (κ3) is 2.01. The number of hydrogen-bond donors (Lipinski definition) is 0. The number of carbonyl (C=O) groups is 1. The molecule has 1 aromatic carbocycles. The number of rotatable bonds is 3. The van der Waals surface area contributed by atoms with E-state index in [1.54, 1.807) is 18.2 Å². The normalized spacial score (nSPS) is 10.5. The molecule has 17 heavy (non-hydrogen) atoms. The molecule has 0 bridgehead atoms. The summed E-state index contributed by atoms with van der Waals surface area (Å²) in [6.07, 6.45) is 0. The van der Waals surface area contributed by atoms with Crippen molar-refractivity contribution in [3.05, 3.63) is 28.6 Å². The van der Waals surface area contributed by atoms with Gasteiger partial charge in [0.1, 0.15) is 5.75 Å². The first-order valence-corrected chi connectivity index (χ1v) is 4.90. The molecule has 6 heteroatoms. The summed E-state index contributed by atoms with van der Waals surface area (Å²) >= 11 is 0. The molecule has 0 N–H and O–H groups in total. The number of ether oxygens (including phenoxy) is 2. The van der Waals surface area contributed by atoms with Gasteiger partial charge in [0.25, 0.3) is 5.56 Å². The van der Waals surface area contributed by atoms with Crippen LogP contribution in [0.5, 0.6) is 5.75 Å². The Morgan fingerprint density at radius 2 is 2.18 bits per heavy atom. The molecule has 1 heterocycles. The fourth-order valence-corrected chi connectivity index (χ4v) is 1.46. The van der Waals surface area contributed by atoms with Gasteiger partial charge >= 0.3 is 5.97 Å². The van der Waals surface area contributed by atoms with Crippen molar-refractivity contribution in [3.63, 3.8) is 0 Å². The molecule has 0 radical (unpaired) electrons. The molecular weight excluding hydrogens is 226 g/mol. The molecule has 0 fully saturated rings. The molecule has 6 nitrogen and oxygen atoms in total. The molecule has 0 aliphatic carbocycles. The number of esters is 1. The summed E-state index contributed by atoms with van der Waals surface area (Å²) in [6.45, 7) is -0.244. The second-order valence-electron chi connectivity index (χ2n) is 3.37. The van der Waals surface area contributed by atoms with Crippen molar-refractivity contribution in [1.82, 2.24) is 4.74 Å². The van der Waals surface area contributed by atoms with Crippen LogP contribution in [0, 0.1) is 0 Å². The number of carbonyl (C=O) groups excluding carboxylic acids is 1. The highest BCUT2D eigenvalue weighted by atomic mass is 16.5. The molecule has 0 unspecified atom stereocenters. The van der Waals surface area contributed by atoms with E-state index in [2.05, 4.69) is 4.74 Å². The van der Waals surface area contributed by atoms with Gasteiger partial charge in [-0.25, -0.2) is 4.79 Å². The van der Waals surface area contributed by atoms with Gasteiger partial charge in [0.2, 0.25) is 0 Å². The largest absolute Gasteiger partial charge is 0.497 e. The lowest BCUT2D eigenvalue weighted by Gasteiger charge is -1.97. The van der Waals surface area contributed by atoms with Gasteiger partial charge < -0.3 is 14.0 Å². The zero-order valence-corrected chi connectivity index (χ0v) is 9.43.